The first kappa shape index (κ1) is 22.0. The lowest BCUT2D eigenvalue weighted by Crippen LogP contribution is -2.55. The minimum atomic E-state index is -0.411. The first-order valence-corrected chi connectivity index (χ1v) is 12.1. The molecule has 2 aromatic carbocycles. The third kappa shape index (κ3) is 4.36. The zero-order valence-electron chi connectivity index (χ0n) is 19.0. The average Bonchev–Trinajstić information content (AvgIpc) is 3.50. The molecule has 2 atom stereocenters. The molecule has 0 radical (unpaired) electrons. The number of aliphatic imine (C=N–C) groups is 1. The number of nitrogens with one attached hydrogen (secondary N) is 3. The molecule has 0 spiro atoms. The number of rotatable bonds is 5. The van der Waals surface area contributed by atoms with Crippen molar-refractivity contribution >= 4 is 50.8 Å². The van der Waals surface area contributed by atoms with Gasteiger partial charge in [-0.25, -0.2) is 0 Å². The molecule has 3 N–H and O–H groups in total. The smallest absolute Gasteiger partial charge is 0.244 e. The van der Waals surface area contributed by atoms with E-state index in [4.69, 9.17) is 16.3 Å². The number of nitrogens with zero attached hydrogens (tertiary/aromatic N) is 3. The molecule has 178 valence electrons. The topological polar surface area (TPSA) is 94.6 Å². The summed E-state index contributed by atoms with van der Waals surface area (Å²) < 4.78 is 5.69. The van der Waals surface area contributed by atoms with E-state index in [2.05, 4.69) is 30.5 Å². The summed E-state index contributed by atoms with van der Waals surface area (Å²) in [6, 6.07) is 15.4. The summed E-state index contributed by atoms with van der Waals surface area (Å²) in [7, 11) is 0. The van der Waals surface area contributed by atoms with E-state index in [9.17, 15) is 4.79 Å². The number of morpholine rings is 1. The number of H-pyrrole nitrogens is 1. The predicted molar refractivity (Wildman–Crippen MR) is 138 cm³/mol. The van der Waals surface area contributed by atoms with Crippen LogP contribution in [0.2, 0.25) is 5.02 Å². The molecule has 0 bridgehead atoms. The number of hydrogen-bond donors (Lipinski definition) is 3. The van der Waals surface area contributed by atoms with Crippen LogP contribution in [0.25, 0.3) is 21.8 Å². The lowest BCUT2D eigenvalue weighted by molar-refractivity contribution is -0.127. The molecular formula is C26H25ClN6O2. The van der Waals surface area contributed by atoms with E-state index in [1.807, 2.05) is 42.5 Å². The van der Waals surface area contributed by atoms with Crippen LogP contribution in [0.3, 0.4) is 0 Å². The van der Waals surface area contributed by atoms with Crippen molar-refractivity contribution in [3.63, 3.8) is 0 Å². The van der Waals surface area contributed by atoms with Gasteiger partial charge < -0.3 is 20.4 Å². The van der Waals surface area contributed by atoms with Crippen LogP contribution in [0.5, 0.6) is 0 Å². The van der Waals surface area contributed by atoms with E-state index < -0.39 is 6.04 Å². The highest BCUT2D eigenvalue weighted by molar-refractivity contribution is 6.33. The Bertz CT molecular complexity index is 1420. The number of ether oxygens (including phenoxy) is 1. The third-order valence-corrected chi connectivity index (χ3v) is 6.80. The van der Waals surface area contributed by atoms with Crippen molar-refractivity contribution in [3.8, 4) is 0 Å². The van der Waals surface area contributed by atoms with E-state index in [1.54, 1.807) is 18.5 Å². The second kappa shape index (κ2) is 9.30. The number of pyridine rings is 1. The Kier molecular flexibility index (Phi) is 5.85. The van der Waals surface area contributed by atoms with E-state index in [1.165, 1.54) is 0 Å². The molecule has 2 aliphatic heterocycles. The molecule has 4 heterocycles. The summed E-state index contributed by atoms with van der Waals surface area (Å²) in [5.41, 5.74) is 3.44. The summed E-state index contributed by atoms with van der Waals surface area (Å²) >= 11 is 6.42. The number of fused-ring (bicyclic) bond motifs is 3. The fourth-order valence-electron chi connectivity index (χ4n) is 4.87. The molecule has 35 heavy (non-hydrogen) atoms. The highest BCUT2D eigenvalue weighted by Gasteiger charge is 2.32. The van der Waals surface area contributed by atoms with Crippen molar-refractivity contribution in [2.45, 2.75) is 12.1 Å². The number of amidine groups is 1. The van der Waals surface area contributed by atoms with Crippen molar-refractivity contribution in [1.82, 2.24) is 20.2 Å². The normalized spacial score (nSPS) is 20.7. The molecule has 0 aliphatic carbocycles. The maximum atomic E-state index is 13.5. The van der Waals surface area contributed by atoms with Crippen LogP contribution < -0.4 is 10.6 Å². The van der Waals surface area contributed by atoms with Crippen molar-refractivity contribution < 1.29 is 9.53 Å². The Labute approximate surface area is 207 Å². The van der Waals surface area contributed by atoms with Crippen LogP contribution in [0.4, 0.5) is 5.69 Å². The number of anilines is 1. The number of carbonyl (C=O) groups excluding carboxylic acids is 1. The molecule has 1 fully saturated rings. The molecule has 6 rings (SSSR count). The molecular weight excluding hydrogens is 464 g/mol. The Morgan fingerprint density at radius 2 is 2.09 bits per heavy atom. The minimum Gasteiger partial charge on any atom is -0.378 e. The molecule has 1 amide bonds. The van der Waals surface area contributed by atoms with Gasteiger partial charge in [0.1, 0.15) is 11.9 Å². The molecule has 1 saturated heterocycles. The Morgan fingerprint density at radius 3 is 2.97 bits per heavy atom. The number of halogens is 1. The Hall–Kier alpha value is -3.46. The molecule has 2 aliphatic rings. The van der Waals surface area contributed by atoms with Gasteiger partial charge >= 0.3 is 0 Å². The highest BCUT2D eigenvalue weighted by Crippen LogP contribution is 2.33. The first-order chi connectivity index (χ1) is 17.2. The Balaban J connectivity index is 1.19. The quantitative estimate of drug-likeness (QED) is 0.400. The summed E-state index contributed by atoms with van der Waals surface area (Å²) in [5, 5.41) is 9.13. The number of carbonyl (C=O) groups is 1. The lowest BCUT2D eigenvalue weighted by atomic mass is 10.1. The third-order valence-electron chi connectivity index (χ3n) is 6.59. The van der Waals surface area contributed by atoms with Crippen LogP contribution >= 0.6 is 11.6 Å². The van der Waals surface area contributed by atoms with Crippen LogP contribution in [0.15, 0.2) is 65.9 Å². The largest absolute Gasteiger partial charge is 0.378 e. The van der Waals surface area contributed by atoms with Gasteiger partial charge in [-0.05, 0) is 18.2 Å². The van der Waals surface area contributed by atoms with Crippen molar-refractivity contribution in [3.05, 3.63) is 71.5 Å². The first-order valence-electron chi connectivity index (χ1n) is 11.7. The molecule has 2 aromatic heterocycles. The monoisotopic (exact) mass is 488 g/mol. The number of hydrogen-bond acceptors (Lipinski definition) is 6. The van der Waals surface area contributed by atoms with Gasteiger partial charge in [0.15, 0.2) is 0 Å². The van der Waals surface area contributed by atoms with Gasteiger partial charge in [0.05, 0.1) is 48.7 Å². The van der Waals surface area contributed by atoms with Gasteiger partial charge in [0.2, 0.25) is 5.91 Å². The van der Waals surface area contributed by atoms with Gasteiger partial charge in [-0.2, -0.15) is 0 Å². The second-order valence-corrected chi connectivity index (χ2v) is 9.33. The zero-order valence-corrected chi connectivity index (χ0v) is 19.8. The fourth-order valence-corrected chi connectivity index (χ4v) is 5.09. The molecule has 2 unspecified atom stereocenters. The van der Waals surface area contributed by atoms with Gasteiger partial charge in [-0.1, -0.05) is 41.9 Å². The molecule has 4 aromatic rings. The summed E-state index contributed by atoms with van der Waals surface area (Å²) in [6.07, 6.45) is 3.52. The molecule has 9 heteroatoms. The number of amides is 1. The fraction of sp³-hybridized carbons (Fsp3) is 0.269. The van der Waals surface area contributed by atoms with Crippen LogP contribution in [0, 0.1) is 0 Å². The van der Waals surface area contributed by atoms with Gasteiger partial charge in [0.25, 0.3) is 0 Å². The second-order valence-electron chi connectivity index (χ2n) is 8.89. The summed E-state index contributed by atoms with van der Waals surface area (Å²) in [4.78, 5) is 27.9. The maximum absolute atomic E-state index is 13.5. The maximum Gasteiger partial charge on any atom is 0.244 e. The molecule has 8 nitrogen and oxygen atoms in total. The van der Waals surface area contributed by atoms with Crippen molar-refractivity contribution in [1.29, 1.82) is 0 Å². The number of benzene rings is 2. The standard InChI is InChI=1S/C26H25ClN6O2/c27-17-10-20-19-6-7-28-13-22(19)31-24(20)21(11-17)32-26(34)23-15-35-9-8-33(23)14-18-12-29-25(30-18)16-4-2-1-3-5-16/h1-7,10-11,13,18,23,31H,8-9,12,14-15H2,(H,29,30)(H,32,34). The van der Waals surface area contributed by atoms with Gasteiger partial charge in [0, 0.05) is 40.6 Å². The zero-order chi connectivity index (χ0) is 23.8. The SMILES string of the molecule is O=C(Nc1cc(Cl)cc2c1[nH]c1cnccc12)C1COCCN1CC1CN=C(c2ccccc2)N1. The van der Waals surface area contributed by atoms with E-state index >= 15 is 0 Å². The van der Waals surface area contributed by atoms with Gasteiger partial charge in [-0.3, -0.25) is 19.7 Å². The predicted octanol–water partition coefficient (Wildman–Crippen LogP) is 3.43. The van der Waals surface area contributed by atoms with E-state index in [0.29, 0.717) is 43.6 Å². The van der Waals surface area contributed by atoms with Crippen LogP contribution in [-0.4, -0.2) is 71.5 Å². The van der Waals surface area contributed by atoms with Crippen molar-refractivity contribution in [2.75, 3.05) is 38.2 Å². The van der Waals surface area contributed by atoms with Crippen LogP contribution in [-0.2, 0) is 9.53 Å². The number of aromatic nitrogens is 2. The molecule has 0 saturated carbocycles. The Morgan fingerprint density at radius 1 is 1.20 bits per heavy atom. The van der Waals surface area contributed by atoms with E-state index in [-0.39, 0.29) is 11.9 Å². The summed E-state index contributed by atoms with van der Waals surface area (Å²) in [6.45, 7) is 2.99. The highest BCUT2D eigenvalue weighted by atomic mass is 35.5. The average molecular weight is 489 g/mol. The van der Waals surface area contributed by atoms with Gasteiger partial charge in [-0.15, -0.1) is 0 Å². The minimum absolute atomic E-state index is 0.118. The summed E-state index contributed by atoms with van der Waals surface area (Å²) in [5.74, 6) is 0.784. The van der Waals surface area contributed by atoms with Crippen LogP contribution in [0.1, 0.15) is 5.56 Å². The van der Waals surface area contributed by atoms with E-state index in [0.717, 1.165) is 33.2 Å². The lowest BCUT2D eigenvalue weighted by Gasteiger charge is -2.36. The van der Waals surface area contributed by atoms with Crippen molar-refractivity contribution in [2.24, 2.45) is 4.99 Å². The number of aromatic amines is 1.